The Morgan fingerprint density at radius 2 is 2.00 bits per heavy atom. The molecule has 1 aliphatic heterocycles. The summed E-state index contributed by atoms with van der Waals surface area (Å²) in [6, 6.07) is 0. The van der Waals surface area contributed by atoms with Crippen LogP contribution < -0.4 is 0 Å². The molecule has 88 valence electrons. The lowest BCUT2D eigenvalue weighted by Crippen LogP contribution is -2.45. The minimum atomic E-state index is -1.10. The van der Waals surface area contributed by atoms with E-state index in [1.807, 2.05) is 6.92 Å². The topological polar surface area (TPSA) is 54.5 Å². The number of carbonyl (C=O) groups is 3. The standard InChI is InChI=1S/C12H17NO3/c1-4-6-13-8(3)7-10(15)11(12(13)16)9(14)5-2/h7,11H,4-6H2,1-3H3. The summed E-state index contributed by atoms with van der Waals surface area (Å²) in [5.41, 5.74) is 0.636. The molecule has 1 amide bonds. The van der Waals surface area contributed by atoms with Gasteiger partial charge in [-0.25, -0.2) is 0 Å². The van der Waals surface area contributed by atoms with Gasteiger partial charge in [0.25, 0.3) is 0 Å². The number of nitrogens with zero attached hydrogens (tertiary/aromatic N) is 1. The van der Waals surface area contributed by atoms with Crippen LogP contribution in [-0.2, 0) is 14.4 Å². The number of ketones is 2. The number of allylic oxidation sites excluding steroid dienone is 2. The Morgan fingerprint density at radius 1 is 1.38 bits per heavy atom. The van der Waals surface area contributed by atoms with E-state index >= 15 is 0 Å². The molecule has 0 saturated carbocycles. The Hall–Kier alpha value is -1.45. The van der Waals surface area contributed by atoms with E-state index in [0.29, 0.717) is 12.2 Å². The molecule has 0 aliphatic carbocycles. The maximum atomic E-state index is 12.0. The van der Waals surface area contributed by atoms with Crippen molar-refractivity contribution < 1.29 is 14.4 Å². The smallest absolute Gasteiger partial charge is 0.245 e. The van der Waals surface area contributed by atoms with Crippen molar-refractivity contribution in [3.05, 3.63) is 11.8 Å². The second-order valence-electron chi connectivity index (χ2n) is 3.93. The molecule has 1 aliphatic rings. The highest BCUT2D eigenvalue weighted by Crippen LogP contribution is 2.20. The summed E-state index contributed by atoms with van der Waals surface area (Å²) in [4.78, 5) is 36.7. The number of amides is 1. The van der Waals surface area contributed by atoms with Crippen LogP contribution in [0.25, 0.3) is 0 Å². The van der Waals surface area contributed by atoms with Crippen molar-refractivity contribution >= 4 is 17.5 Å². The van der Waals surface area contributed by atoms with Gasteiger partial charge in [-0.1, -0.05) is 13.8 Å². The zero-order valence-electron chi connectivity index (χ0n) is 9.95. The van der Waals surface area contributed by atoms with Crippen LogP contribution in [0.5, 0.6) is 0 Å². The van der Waals surface area contributed by atoms with Crippen molar-refractivity contribution in [1.29, 1.82) is 0 Å². The molecule has 0 saturated heterocycles. The quantitative estimate of drug-likeness (QED) is 0.675. The summed E-state index contributed by atoms with van der Waals surface area (Å²) in [6.45, 7) is 5.89. The second-order valence-corrected chi connectivity index (χ2v) is 3.93. The first kappa shape index (κ1) is 12.6. The molecular weight excluding hydrogens is 206 g/mol. The predicted octanol–water partition coefficient (Wildman–Crippen LogP) is 1.31. The average Bonchev–Trinajstić information content (AvgIpc) is 2.23. The van der Waals surface area contributed by atoms with Gasteiger partial charge in [0.05, 0.1) is 0 Å². The zero-order chi connectivity index (χ0) is 12.3. The monoisotopic (exact) mass is 223 g/mol. The molecule has 0 spiro atoms. The lowest BCUT2D eigenvalue weighted by Gasteiger charge is -2.29. The van der Waals surface area contributed by atoms with Crippen molar-refractivity contribution in [3.8, 4) is 0 Å². The summed E-state index contributed by atoms with van der Waals surface area (Å²) in [7, 11) is 0. The van der Waals surface area contributed by atoms with Crippen LogP contribution in [0.4, 0.5) is 0 Å². The molecule has 0 radical (unpaired) electrons. The first-order chi connectivity index (χ1) is 7.52. The number of rotatable bonds is 4. The van der Waals surface area contributed by atoms with Gasteiger partial charge in [-0.05, 0) is 13.3 Å². The highest BCUT2D eigenvalue weighted by Gasteiger charge is 2.38. The van der Waals surface area contributed by atoms with Gasteiger partial charge in [0, 0.05) is 24.7 Å². The van der Waals surface area contributed by atoms with E-state index in [-0.39, 0.29) is 23.9 Å². The summed E-state index contributed by atoms with van der Waals surface area (Å²) in [5.74, 6) is -2.12. The first-order valence-electron chi connectivity index (χ1n) is 5.59. The molecule has 1 rings (SSSR count). The molecule has 0 aromatic rings. The molecule has 0 aromatic heterocycles. The fourth-order valence-electron chi connectivity index (χ4n) is 1.83. The highest BCUT2D eigenvalue weighted by atomic mass is 16.2. The van der Waals surface area contributed by atoms with E-state index in [0.717, 1.165) is 6.42 Å². The van der Waals surface area contributed by atoms with Gasteiger partial charge in [-0.15, -0.1) is 0 Å². The molecule has 4 nitrogen and oxygen atoms in total. The highest BCUT2D eigenvalue weighted by molar-refractivity contribution is 6.23. The predicted molar refractivity (Wildman–Crippen MR) is 59.6 cm³/mol. The Morgan fingerprint density at radius 3 is 2.50 bits per heavy atom. The van der Waals surface area contributed by atoms with E-state index in [2.05, 4.69) is 0 Å². The molecule has 1 unspecified atom stereocenters. The van der Waals surface area contributed by atoms with Gasteiger partial charge < -0.3 is 4.90 Å². The fraction of sp³-hybridized carbons (Fsp3) is 0.583. The van der Waals surface area contributed by atoms with E-state index < -0.39 is 5.92 Å². The van der Waals surface area contributed by atoms with Gasteiger partial charge in [-0.2, -0.15) is 0 Å². The van der Waals surface area contributed by atoms with Crippen molar-refractivity contribution in [2.75, 3.05) is 6.54 Å². The Labute approximate surface area is 95.3 Å². The Kier molecular flexibility index (Phi) is 3.99. The summed E-state index contributed by atoms with van der Waals surface area (Å²) in [6.07, 6.45) is 2.42. The van der Waals surface area contributed by atoms with Crippen LogP contribution in [0.15, 0.2) is 11.8 Å². The zero-order valence-corrected chi connectivity index (χ0v) is 9.95. The van der Waals surface area contributed by atoms with Crippen LogP contribution >= 0.6 is 0 Å². The Balaban J connectivity index is 3.02. The minimum Gasteiger partial charge on any atom is -0.315 e. The third-order valence-corrected chi connectivity index (χ3v) is 2.69. The fourth-order valence-corrected chi connectivity index (χ4v) is 1.83. The van der Waals surface area contributed by atoms with Gasteiger partial charge in [-0.3, -0.25) is 14.4 Å². The van der Waals surface area contributed by atoms with Crippen molar-refractivity contribution in [2.24, 2.45) is 5.92 Å². The summed E-state index contributed by atoms with van der Waals surface area (Å²) in [5, 5.41) is 0. The minimum absolute atomic E-state index is 0.217. The number of Topliss-reactive ketones (excluding diaryl/α,β-unsaturated/α-hetero) is 1. The maximum Gasteiger partial charge on any atom is 0.245 e. The number of hydrogen-bond acceptors (Lipinski definition) is 3. The third kappa shape index (κ3) is 2.21. The molecule has 1 heterocycles. The van der Waals surface area contributed by atoms with Crippen LogP contribution in [0, 0.1) is 5.92 Å². The molecule has 16 heavy (non-hydrogen) atoms. The van der Waals surface area contributed by atoms with Crippen molar-refractivity contribution in [3.63, 3.8) is 0 Å². The Bertz CT molecular complexity index is 357. The molecular formula is C12H17NO3. The van der Waals surface area contributed by atoms with E-state index in [4.69, 9.17) is 0 Å². The second kappa shape index (κ2) is 5.05. The summed E-state index contributed by atoms with van der Waals surface area (Å²) < 4.78 is 0. The van der Waals surface area contributed by atoms with E-state index in [1.54, 1.807) is 13.8 Å². The molecule has 0 bridgehead atoms. The van der Waals surface area contributed by atoms with Crippen molar-refractivity contribution in [1.82, 2.24) is 4.90 Å². The van der Waals surface area contributed by atoms with Gasteiger partial charge in [0.15, 0.2) is 17.5 Å². The number of carbonyl (C=O) groups excluding carboxylic acids is 3. The van der Waals surface area contributed by atoms with Crippen LogP contribution in [-0.4, -0.2) is 28.9 Å². The molecule has 0 fully saturated rings. The van der Waals surface area contributed by atoms with Crippen LogP contribution in [0.3, 0.4) is 0 Å². The third-order valence-electron chi connectivity index (χ3n) is 2.69. The largest absolute Gasteiger partial charge is 0.315 e. The van der Waals surface area contributed by atoms with E-state index in [1.165, 1.54) is 11.0 Å². The molecule has 4 heteroatoms. The molecule has 1 atom stereocenters. The molecule has 0 aromatic carbocycles. The van der Waals surface area contributed by atoms with E-state index in [9.17, 15) is 14.4 Å². The van der Waals surface area contributed by atoms with Gasteiger partial charge in [0.1, 0.15) is 0 Å². The van der Waals surface area contributed by atoms with Crippen LogP contribution in [0.2, 0.25) is 0 Å². The normalized spacial score (nSPS) is 21.1. The van der Waals surface area contributed by atoms with Crippen LogP contribution in [0.1, 0.15) is 33.6 Å². The molecule has 0 N–H and O–H groups in total. The van der Waals surface area contributed by atoms with Gasteiger partial charge >= 0.3 is 0 Å². The number of hydrogen-bond donors (Lipinski definition) is 0. The lowest BCUT2D eigenvalue weighted by molar-refractivity contribution is -0.145. The summed E-state index contributed by atoms with van der Waals surface area (Å²) >= 11 is 0. The van der Waals surface area contributed by atoms with Gasteiger partial charge in [0.2, 0.25) is 5.91 Å². The average molecular weight is 223 g/mol. The SMILES string of the molecule is CCCN1C(=O)C(C(=O)CC)C(=O)C=C1C. The lowest BCUT2D eigenvalue weighted by atomic mass is 9.91. The first-order valence-corrected chi connectivity index (χ1v) is 5.59. The maximum absolute atomic E-state index is 12.0. The van der Waals surface area contributed by atoms with Crippen molar-refractivity contribution in [2.45, 2.75) is 33.6 Å².